The molecule has 1 aromatic carbocycles. The van der Waals surface area contributed by atoms with Crippen molar-refractivity contribution in [1.29, 1.82) is 0 Å². The lowest BCUT2D eigenvalue weighted by molar-refractivity contribution is 0.0589. The highest BCUT2D eigenvalue weighted by atomic mass is 16.2. The van der Waals surface area contributed by atoms with Crippen molar-refractivity contribution >= 4 is 11.8 Å². The Morgan fingerprint density at radius 1 is 1.12 bits per heavy atom. The lowest BCUT2D eigenvalue weighted by Gasteiger charge is -2.21. The number of rotatable bonds is 3. The molecule has 0 bridgehead atoms. The summed E-state index contributed by atoms with van der Waals surface area (Å²) in [6, 6.07) is 7.00. The summed E-state index contributed by atoms with van der Waals surface area (Å²) >= 11 is 0. The zero-order chi connectivity index (χ0) is 11.7. The van der Waals surface area contributed by atoms with Crippen molar-refractivity contribution in [2.45, 2.75) is 32.7 Å². The Balaban J connectivity index is 2.35. The summed E-state index contributed by atoms with van der Waals surface area (Å²) in [6.45, 7) is 3.97. The quantitative estimate of drug-likeness (QED) is 0.729. The molecular formula is C13H15NO2. The maximum Gasteiger partial charge on any atom is 0.261 e. The van der Waals surface area contributed by atoms with Crippen LogP contribution in [0.15, 0.2) is 24.3 Å². The SMILES string of the molecule is CCC[C@@H](C)N1C(=O)c2ccccc2C1=O. The van der Waals surface area contributed by atoms with Crippen LogP contribution in [0.3, 0.4) is 0 Å². The number of nitrogens with zero attached hydrogens (tertiary/aromatic N) is 1. The second-order valence-electron chi connectivity index (χ2n) is 4.16. The van der Waals surface area contributed by atoms with Crippen molar-refractivity contribution in [3.63, 3.8) is 0 Å². The van der Waals surface area contributed by atoms with E-state index in [1.165, 1.54) is 4.90 Å². The monoisotopic (exact) mass is 217 g/mol. The summed E-state index contributed by atoms with van der Waals surface area (Å²) in [7, 11) is 0. The van der Waals surface area contributed by atoms with Gasteiger partial charge in [-0.3, -0.25) is 14.5 Å². The van der Waals surface area contributed by atoms with Crippen molar-refractivity contribution in [3.8, 4) is 0 Å². The molecule has 16 heavy (non-hydrogen) atoms. The molecule has 1 aliphatic rings. The van der Waals surface area contributed by atoms with E-state index in [1.54, 1.807) is 24.3 Å². The molecule has 0 saturated carbocycles. The highest BCUT2D eigenvalue weighted by molar-refractivity contribution is 6.21. The number of carbonyl (C=O) groups excluding carboxylic acids is 2. The second kappa shape index (κ2) is 4.08. The van der Waals surface area contributed by atoms with Crippen LogP contribution in [0.2, 0.25) is 0 Å². The fourth-order valence-electron chi connectivity index (χ4n) is 2.16. The van der Waals surface area contributed by atoms with E-state index in [0.29, 0.717) is 11.1 Å². The predicted octanol–water partition coefficient (Wildman–Crippen LogP) is 2.47. The number of fused-ring (bicyclic) bond motifs is 1. The third kappa shape index (κ3) is 1.52. The van der Waals surface area contributed by atoms with E-state index in [2.05, 4.69) is 6.92 Å². The Bertz CT molecular complexity index is 404. The number of amides is 2. The van der Waals surface area contributed by atoms with Gasteiger partial charge in [-0.05, 0) is 25.5 Å². The molecule has 0 N–H and O–H groups in total. The number of hydrogen-bond acceptors (Lipinski definition) is 2. The van der Waals surface area contributed by atoms with Crippen molar-refractivity contribution in [3.05, 3.63) is 35.4 Å². The van der Waals surface area contributed by atoms with Gasteiger partial charge in [0.1, 0.15) is 0 Å². The van der Waals surface area contributed by atoms with Gasteiger partial charge in [-0.2, -0.15) is 0 Å². The van der Waals surface area contributed by atoms with Crippen LogP contribution in [0, 0.1) is 0 Å². The Morgan fingerprint density at radius 3 is 2.06 bits per heavy atom. The molecule has 1 heterocycles. The van der Waals surface area contributed by atoms with E-state index in [9.17, 15) is 9.59 Å². The van der Waals surface area contributed by atoms with Crippen LogP contribution < -0.4 is 0 Å². The Kier molecular flexibility index (Phi) is 2.77. The van der Waals surface area contributed by atoms with E-state index < -0.39 is 0 Å². The first-order valence-electron chi connectivity index (χ1n) is 5.63. The van der Waals surface area contributed by atoms with E-state index >= 15 is 0 Å². The maximum absolute atomic E-state index is 12.0. The van der Waals surface area contributed by atoms with E-state index in [0.717, 1.165) is 12.8 Å². The molecule has 0 aliphatic carbocycles. The van der Waals surface area contributed by atoms with Gasteiger partial charge in [0, 0.05) is 6.04 Å². The van der Waals surface area contributed by atoms with Crippen LogP contribution in [0.4, 0.5) is 0 Å². The van der Waals surface area contributed by atoms with Crippen molar-refractivity contribution in [2.24, 2.45) is 0 Å². The molecule has 2 amide bonds. The Labute approximate surface area is 95.1 Å². The topological polar surface area (TPSA) is 37.4 Å². The Hall–Kier alpha value is -1.64. The third-order valence-corrected chi connectivity index (χ3v) is 2.97. The summed E-state index contributed by atoms with van der Waals surface area (Å²) in [6.07, 6.45) is 1.82. The fraction of sp³-hybridized carbons (Fsp3) is 0.385. The molecule has 0 fully saturated rings. The average Bonchev–Trinajstić information content (AvgIpc) is 2.53. The van der Waals surface area contributed by atoms with Crippen molar-refractivity contribution in [2.75, 3.05) is 0 Å². The van der Waals surface area contributed by atoms with Crippen LogP contribution in [0.5, 0.6) is 0 Å². The lowest BCUT2D eigenvalue weighted by Crippen LogP contribution is -2.37. The highest BCUT2D eigenvalue weighted by Crippen LogP contribution is 2.25. The summed E-state index contributed by atoms with van der Waals surface area (Å²) in [5, 5.41) is 0. The molecular weight excluding hydrogens is 202 g/mol. The van der Waals surface area contributed by atoms with Gasteiger partial charge in [-0.15, -0.1) is 0 Å². The van der Waals surface area contributed by atoms with Crippen LogP contribution in [0.1, 0.15) is 47.4 Å². The largest absolute Gasteiger partial charge is 0.272 e. The van der Waals surface area contributed by atoms with Gasteiger partial charge in [0.2, 0.25) is 0 Å². The Morgan fingerprint density at radius 2 is 1.62 bits per heavy atom. The normalized spacial score (nSPS) is 16.5. The van der Waals surface area contributed by atoms with E-state index in [1.807, 2.05) is 6.92 Å². The molecule has 0 aromatic heterocycles. The van der Waals surface area contributed by atoms with Gasteiger partial charge in [-0.25, -0.2) is 0 Å². The van der Waals surface area contributed by atoms with Gasteiger partial charge in [0.15, 0.2) is 0 Å². The van der Waals surface area contributed by atoms with Crippen LogP contribution in [-0.2, 0) is 0 Å². The zero-order valence-corrected chi connectivity index (χ0v) is 9.56. The molecule has 0 spiro atoms. The third-order valence-electron chi connectivity index (χ3n) is 2.97. The molecule has 3 heteroatoms. The summed E-state index contributed by atoms with van der Waals surface area (Å²) < 4.78 is 0. The number of imide groups is 1. The van der Waals surface area contributed by atoms with Gasteiger partial charge in [-0.1, -0.05) is 25.5 Å². The molecule has 1 aliphatic heterocycles. The number of hydrogen-bond donors (Lipinski definition) is 0. The molecule has 2 rings (SSSR count). The molecule has 3 nitrogen and oxygen atoms in total. The van der Waals surface area contributed by atoms with Crippen LogP contribution in [0.25, 0.3) is 0 Å². The van der Waals surface area contributed by atoms with Crippen LogP contribution in [-0.4, -0.2) is 22.8 Å². The summed E-state index contributed by atoms with van der Waals surface area (Å²) in [5.74, 6) is -0.303. The number of benzene rings is 1. The van der Waals surface area contributed by atoms with Gasteiger partial charge < -0.3 is 0 Å². The molecule has 1 atom stereocenters. The number of carbonyl (C=O) groups is 2. The smallest absolute Gasteiger partial charge is 0.261 e. The second-order valence-corrected chi connectivity index (χ2v) is 4.16. The average molecular weight is 217 g/mol. The standard InChI is InChI=1S/C13H15NO2/c1-3-6-9(2)14-12(15)10-7-4-5-8-11(10)13(14)16/h4-5,7-9H,3,6H2,1-2H3/t9-/m1/s1. The summed E-state index contributed by atoms with van der Waals surface area (Å²) in [5.41, 5.74) is 1.07. The van der Waals surface area contributed by atoms with Gasteiger partial charge in [0.25, 0.3) is 11.8 Å². The van der Waals surface area contributed by atoms with E-state index in [4.69, 9.17) is 0 Å². The molecule has 1 aromatic rings. The zero-order valence-electron chi connectivity index (χ0n) is 9.56. The fourth-order valence-corrected chi connectivity index (χ4v) is 2.16. The minimum atomic E-state index is -0.151. The molecule has 0 radical (unpaired) electrons. The highest BCUT2D eigenvalue weighted by Gasteiger charge is 2.37. The maximum atomic E-state index is 12.0. The molecule has 0 unspecified atom stereocenters. The first-order chi connectivity index (χ1) is 7.66. The minimum absolute atomic E-state index is 0.0163. The predicted molar refractivity (Wildman–Crippen MR) is 61.3 cm³/mol. The first-order valence-corrected chi connectivity index (χ1v) is 5.63. The van der Waals surface area contributed by atoms with Gasteiger partial charge in [0.05, 0.1) is 11.1 Å². The van der Waals surface area contributed by atoms with Crippen molar-refractivity contribution in [1.82, 2.24) is 4.90 Å². The van der Waals surface area contributed by atoms with Gasteiger partial charge >= 0.3 is 0 Å². The molecule has 84 valence electrons. The van der Waals surface area contributed by atoms with Crippen LogP contribution >= 0.6 is 0 Å². The molecule has 0 saturated heterocycles. The first kappa shape index (κ1) is 10.9. The van der Waals surface area contributed by atoms with E-state index in [-0.39, 0.29) is 17.9 Å². The lowest BCUT2D eigenvalue weighted by atomic mass is 10.1. The summed E-state index contributed by atoms with van der Waals surface area (Å²) in [4.78, 5) is 25.4. The van der Waals surface area contributed by atoms with Crippen molar-refractivity contribution < 1.29 is 9.59 Å². The minimum Gasteiger partial charge on any atom is -0.272 e.